The zero-order valence-corrected chi connectivity index (χ0v) is 14.5. The molecule has 0 aliphatic carbocycles. The Kier molecular flexibility index (Phi) is 4.44. The summed E-state index contributed by atoms with van der Waals surface area (Å²) in [5.41, 5.74) is 1.54. The van der Waals surface area contributed by atoms with E-state index in [1.54, 1.807) is 49.1 Å². The standard InChI is InChI=1S/C19H20N2O4/c1-4-20-15-10-14(8-9-16(15)25-11-18(20)23)19(24)13(3)21-12(2)6-5-7-17(21)22/h5-10,13H,4,11H2,1-3H3. The van der Waals surface area contributed by atoms with Gasteiger partial charge in [-0.1, -0.05) is 6.07 Å². The van der Waals surface area contributed by atoms with Crippen molar-refractivity contribution in [2.75, 3.05) is 18.1 Å². The number of amides is 1. The molecular weight excluding hydrogens is 320 g/mol. The van der Waals surface area contributed by atoms with Crippen molar-refractivity contribution in [2.24, 2.45) is 0 Å². The number of hydrogen-bond donors (Lipinski definition) is 0. The van der Waals surface area contributed by atoms with Crippen molar-refractivity contribution >= 4 is 17.4 Å². The molecule has 0 saturated heterocycles. The predicted octanol–water partition coefficient (Wildman–Crippen LogP) is 2.35. The van der Waals surface area contributed by atoms with Crippen molar-refractivity contribution in [1.29, 1.82) is 0 Å². The average Bonchev–Trinajstić information content (AvgIpc) is 2.60. The summed E-state index contributed by atoms with van der Waals surface area (Å²) in [6, 6.07) is 9.31. The molecular formula is C19H20N2O4. The van der Waals surface area contributed by atoms with Gasteiger partial charge in [0, 0.05) is 23.9 Å². The molecule has 130 valence electrons. The van der Waals surface area contributed by atoms with Crippen LogP contribution in [-0.4, -0.2) is 29.4 Å². The summed E-state index contributed by atoms with van der Waals surface area (Å²) in [5.74, 6) is 0.259. The van der Waals surface area contributed by atoms with Crippen molar-refractivity contribution in [2.45, 2.75) is 26.8 Å². The minimum absolute atomic E-state index is 0.00311. The van der Waals surface area contributed by atoms with Crippen molar-refractivity contribution in [3.05, 3.63) is 58.0 Å². The van der Waals surface area contributed by atoms with Crippen LogP contribution >= 0.6 is 0 Å². The van der Waals surface area contributed by atoms with Crippen molar-refractivity contribution in [3.8, 4) is 5.75 Å². The fraction of sp³-hybridized carbons (Fsp3) is 0.316. The van der Waals surface area contributed by atoms with Crippen molar-refractivity contribution < 1.29 is 14.3 Å². The second kappa shape index (κ2) is 6.55. The van der Waals surface area contributed by atoms with Gasteiger partial charge in [-0.25, -0.2) is 0 Å². The smallest absolute Gasteiger partial charge is 0.265 e. The average molecular weight is 340 g/mol. The number of anilines is 1. The lowest BCUT2D eigenvalue weighted by Gasteiger charge is -2.29. The third-order valence-electron chi connectivity index (χ3n) is 4.46. The Morgan fingerprint density at radius 3 is 2.68 bits per heavy atom. The van der Waals surface area contributed by atoms with Gasteiger partial charge in [0.15, 0.2) is 12.4 Å². The molecule has 1 amide bonds. The van der Waals surface area contributed by atoms with Gasteiger partial charge in [-0.15, -0.1) is 0 Å². The van der Waals surface area contributed by atoms with Crippen LogP contribution in [0.5, 0.6) is 5.75 Å². The van der Waals surface area contributed by atoms with Crippen LogP contribution in [0.4, 0.5) is 5.69 Å². The first-order valence-corrected chi connectivity index (χ1v) is 8.23. The molecule has 3 rings (SSSR count). The predicted molar refractivity (Wildman–Crippen MR) is 94.4 cm³/mol. The van der Waals surface area contributed by atoms with E-state index < -0.39 is 6.04 Å². The Morgan fingerprint density at radius 2 is 2.00 bits per heavy atom. The summed E-state index contributed by atoms with van der Waals surface area (Å²) < 4.78 is 6.90. The van der Waals surface area contributed by atoms with Crippen molar-refractivity contribution in [3.63, 3.8) is 0 Å². The number of carbonyl (C=O) groups excluding carboxylic acids is 2. The lowest BCUT2D eigenvalue weighted by molar-refractivity contribution is -0.121. The highest BCUT2D eigenvalue weighted by atomic mass is 16.5. The Hall–Kier alpha value is -2.89. The van der Waals surface area contributed by atoms with Crippen LogP contribution in [0.3, 0.4) is 0 Å². The molecule has 1 aliphatic heterocycles. The molecule has 1 atom stereocenters. The van der Waals surface area contributed by atoms with E-state index in [1.165, 1.54) is 10.6 Å². The number of likely N-dealkylation sites (N-methyl/N-ethyl adjacent to an activating group) is 1. The number of pyridine rings is 1. The SMILES string of the molecule is CCN1C(=O)COc2ccc(C(=O)C(C)n3c(C)cccc3=O)cc21. The number of nitrogens with zero attached hydrogens (tertiary/aromatic N) is 2. The molecule has 1 aromatic heterocycles. The number of benzene rings is 1. The molecule has 6 nitrogen and oxygen atoms in total. The Balaban J connectivity index is 2.00. The number of Topliss-reactive ketones (excluding diaryl/α,β-unsaturated/α-hetero) is 1. The number of aryl methyl sites for hydroxylation is 1. The highest BCUT2D eigenvalue weighted by Crippen LogP contribution is 2.33. The van der Waals surface area contributed by atoms with E-state index in [2.05, 4.69) is 0 Å². The maximum atomic E-state index is 12.9. The van der Waals surface area contributed by atoms with Crippen LogP contribution in [0, 0.1) is 6.92 Å². The van der Waals surface area contributed by atoms with Crippen molar-refractivity contribution in [1.82, 2.24) is 4.57 Å². The number of aromatic nitrogens is 1. The molecule has 25 heavy (non-hydrogen) atoms. The minimum atomic E-state index is -0.637. The zero-order chi connectivity index (χ0) is 18.1. The van der Waals surface area contributed by atoms with Gasteiger partial charge < -0.3 is 14.2 Å². The maximum absolute atomic E-state index is 12.9. The van der Waals surface area contributed by atoms with E-state index in [9.17, 15) is 14.4 Å². The normalized spacial score (nSPS) is 14.7. The van der Waals surface area contributed by atoms with E-state index in [0.29, 0.717) is 23.5 Å². The van der Waals surface area contributed by atoms with Gasteiger partial charge in [-0.3, -0.25) is 14.4 Å². The van der Waals surface area contributed by atoms with Crippen LogP contribution in [0.2, 0.25) is 0 Å². The number of ether oxygens (including phenoxy) is 1. The summed E-state index contributed by atoms with van der Waals surface area (Å²) in [5, 5.41) is 0. The van der Waals surface area contributed by atoms with Gasteiger partial charge in [-0.05, 0) is 45.0 Å². The van der Waals surface area contributed by atoms with E-state index in [0.717, 1.165) is 5.69 Å². The summed E-state index contributed by atoms with van der Waals surface area (Å²) >= 11 is 0. The molecule has 0 fully saturated rings. The molecule has 0 saturated carbocycles. The van der Waals surface area contributed by atoms with Gasteiger partial charge in [-0.2, -0.15) is 0 Å². The molecule has 0 spiro atoms. The van der Waals surface area contributed by atoms with E-state index >= 15 is 0 Å². The summed E-state index contributed by atoms with van der Waals surface area (Å²) in [6.07, 6.45) is 0. The zero-order valence-electron chi connectivity index (χ0n) is 14.5. The first-order chi connectivity index (χ1) is 11.9. The highest BCUT2D eigenvalue weighted by molar-refractivity contribution is 6.03. The number of rotatable bonds is 4. The number of carbonyl (C=O) groups is 2. The molecule has 0 N–H and O–H groups in total. The summed E-state index contributed by atoms with van der Waals surface area (Å²) in [7, 11) is 0. The Bertz CT molecular complexity index is 901. The fourth-order valence-corrected chi connectivity index (χ4v) is 3.16. The Morgan fingerprint density at radius 1 is 1.24 bits per heavy atom. The molecule has 1 unspecified atom stereocenters. The molecule has 0 radical (unpaired) electrons. The van der Waals surface area contributed by atoms with E-state index in [-0.39, 0.29) is 23.9 Å². The van der Waals surface area contributed by atoms with Gasteiger partial charge in [0.2, 0.25) is 0 Å². The Labute approximate surface area is 145 Å². The maximum Gasteiger partial charge on any atom is 0.265 e. The third-order valence-corrected chi connectivity index (χ3v) is 4.46. The van der Waals surface area contributed by atoms with Gasteiger partial charge >= 0.3 is 0 Å². The molecule has 0 bridgehead atoms. The van der Waals surface area contributed by atoms with Crippen LogP contribution in [0.25, 0.3) is 0 Å². The molecule has 6 heteroatoms. The topological polar surface area (TPSA) is 68.6 Å². The van der Waals surface area contributed by atoms with Gasteiger partial charge in [0.05, 0.1) is 11.7 Å². The molecule has 2 aromatic rings. The molecule has 2 heterocycles. The number of hydrogen-bond acceptors (Lipinski definition) is 4. The van der Waals surface area contributed by atoms with Gasteiger partial charge in [0.1, 0.15) is 5.75 Å². The summed E-state index contributed by atoms with van der Waals surface area (Å²) in [6.45, 7) is 5.87. The second-order valence-electron chi connectivity index (χ2n) is 6.02. The largest absolute Gasteiger partial charge is 0.482 e. The number of ketones is 1. The third kappa shape index (κ3) is 2.95. The minimum Gasteiger partial charge on any atom is -0.482 e. The molecule has 1 aliphatic rings. The molecule has 1 aromatic carbocycles. The lowest BCUT2D eigenvalue weighted by atomic mass is 10.0. The number of fused-ring (bicyclic) bond motifs is 1. The van der Waals surface area contributed by atoms with Crippen LogP contribution < -0.4 is 15.2 Å². The van der Waals surface area contributed by atoms with E-state index in [1.807, 2.05) is 6.92 Å². The second-order valence-corrected chi connectivity index (χ2v) is 6.02. The first-order valence-electron chi connectivity index (χ1n) is 8.23. The van der Waals surface area contributed by atoms with Crippen LogP contribution in [-0.2, 0) is 4.79 Å². The van der Waals surface area contributed by atoms with E-state index in [4.69, 9.17) is 4.74 Å². The lowest BCUT2D eigenvalue weighted by Crippen LogP contribution is -2.38. The summed E-state index contributed by atoms with van der Waals surface area (Å²) in [4.78, 5) is 38.6. The fourth-order valence-electron chi connectivity index (χ4n) is 3.16. The quantitative estimate of drug-likeness (QED) is 0.801. The van der Waals surface area contributed by atoms with Crippen LogP contribution in [0.1, 0.15) is 35.9 Å². The van der Waals surface area contributed by atoms with Crippen LogP contribution in [0.15, 0.2) is 41.2 Å². The first kappa shape index (κ1) is 17.0. The highest BCUT2D eigenvalue weighted by Gasteiger charge is 2.27. The monoisotopic (exact) mass is 340 g/mol. The van der Waals surface area contributed by atoms with Gasteiger partial charge in [0.25, 0.3) is 11.5 Å².